The van der Waals surface area contributed by atoms with Gasteiger partial charge in [-0.15, -0.1) is 0 Å². The number of hydrogen-bond acceptors (Lipinski definition) is 4. The van der Waals surface area contributed by atoms with Crippen LogP contribution in [0, 0.1) is 0 Å². The monoisotopic (exact) mass is 238 g/mol. The third kappa shape index (κ3) is 1.54. The summed E-state index contributed by atoms with van der Waals surface area (Å²) in [5.41, 5.74) is 2.10. The fraction of sp³-hybridized carbons (Fsp3) is 0.200. The molecule has 1 aliphatic heterocycles. The summed E-state index contributed by atoms with van der Waals surface area (Å²) in [6, 6.07) is 3.65. The number of furan rings is 1. The average Bonchev–Trinajstić information content (AvgIpc) is 2.88. The van der Waals surface area contributed by atoms with Gasteiger partial charge in [0.1, 0.15) is 5.15 Å². The van der Waals surface area contributed by atoms with E-state index in [1.807, 2.05) is 12.1 Å². The lowest BCUT2D eigenvalue weighted by molar-refractivity contribution is 0.577. The maximum absolute atomic E-state index is 6.09. The molecule has 2 aromatic rings. The van der Waals surface area contributed by atoms with Crippen molar-refractivity contribution in [3.63, 3.8) is 0 Å². The van der Waals surface area contributed by atoms with Gasteiger partial charge in [-0.25, -0.2) is 9.97 Å². The van der Waals surface area contributed by atoms with Gasteiger partial charge in [0.15, 0.2) is 11.6 Å². The van der Waals surface area contributed by atoms with Crippen molar-refractivity contribution in [1.29, 1.82) is 0 Å². The third-order valence-corrected chi connectivity index (χ3v) is 3.55. The van der Waals surface area contributed by atoms with Crippen LogP contribution in [0.25, 0.3) is 11.6 Å². The third-order valence-electron chi connectivity index (χ3n) is 2.27. The van der Waals surface area contributed by atoms with E-state index in [1.165, 1.54) is 0 Å². The van der Waals surface area contributed by atoms with E-state index in [2.05, 4.69) is 9.97 Å². The molecule has 1 aliphatic rings. The Balaban J connectivity index is 2.15. The molecule has 76 valence electrons. The minimum atomic E-state index is 0.552. The largest absolute Gasteiger partial charge is 0.461 e. The Hall–Kier alpha value is -1.00. The molecular weight excluding hydrogens is 232 g/mol. The van der Waals surface area contributed by atoms with Gasteiger partial charge in [0.2, 0.25) is 0 Å². The van der Waals surface area contributed by atoms with Gasteiger partial charge in [0.05, 0.1) is 12.0 Å². The predicted molar refractivity (Wildman–Crippen MR) is 59.7 cm³/mol. The average molecular weight is 239 g/mol. The van der Waals surface area contributed by atoms with Crippen molar-refractivity contribution in [1.82, 2.24) is 9.97 Å². The zero-order valence-electron chi connectivity index (χ0n) is 7.74. The summed E-state index contributed by atoms with van der Waals surface area (Å²) in [6.45, 7) is 0. The van der Waals surface area contributed by atoms with E-state index in [1.54, 1.807) is 18.0 Å². The lowest BCUT2D eigenvalue weighted by Gasteiger charge is -2.02. The Kier molecular flexibility index (Phi) is 2.18. The number of rotatable bonds is 1. The standard InChI is InChI=1S/C10H7ClN2OS/c11-9-6-4-15-5-7(6)12-10(13-9)8-2-1-3-14-8/h1-3H,4-5H2. The Bertz CT molecular complexity index is 498. The van der Waals surface area contributed by atoms with Crippen LogP contribution >= 0.6 is 23.4 Å². The van der Waals surface area contributed by atoms with E-state index in [9.17, 15) is 0 Å². The summed E-state index contributed by atoms with van der Waals surface area (Å²) >= 11 is 7.89. The van der Waals surface area contributed by atoms with Crippen LogP contribution in [0.2, 0.25) is 5.15 Å². The highest BCUT2D eigenvalue weighted by atomic mass is 35.5. The first kappa shape index (κ1) is 9.24. The van der Waals surface area contributed by atoms with Gasteiger partial charge < -0.3 is 4.42 Å². The number of nitrogens with zero attached hydrogens (tertiary/aromatic N) is 2. The van der Waals surface area contributed by atoms with Crippen molar-refractivity contribution in [2.24, 2.45) is 0 Å². The highest BCUT2D eigenvalue weighted by Crippen LogP contribution is 2.33. The van der Waals surface area contributed by atoms with E-state index < -0.39 is 0 Å². The van der Waals surface area contributed by atoms with E-state index in [0.29, 0.717) is 16.7 Å². The van der Waals surface area contributed by atoms with Crippen molar-refractivity contribution in [2.45, 2.75) is 11.5 Å². The maximum atomic E-state index is 6.09. The van der Waals surface area contributed by atoms with Crippen molar-refractivity contribution in [3.05, 3.63) is 34.8 Å². The molecule has 0 fully saturated rings. The van der Waals surface area contributed by atoms with Crippen LogP contribution in [0.15, 0.2) is 22.8 Å². The quantitative estimate of drug-likeness (QED) is 0.716. The molecule has 3 heterocycles. The molecule has 3 rings (SSSR count). The highest BCUT2D eigenvalue weighted by Gasteiger charge is 2.19. The molecule has 0 aliphatic carbocycles. The van der Waals surface area contributed by atoms with E-state index >= 15 is 0 Å². The number of thioether (sulfide) groups is 1. The van der Waals surface area contributed by atoms with Gasteiger partial charge in [0.25, 0.3) is 0 Å². The predicted octanol–water partition coefficient (Wildman–Crippen LogP) is 3.14. The molecule has 0 bridgehead atoms. The minimum absolute atomic E-state index is 0.552. The van der Waals surface area contributed by atoms with Gasteiger partial charge in [0, 0.05) is 17.1 Å². The summed E-state index contributed by atoms with van der Waals surface area (Å²) in [6.07, 6.45) is 1.61. The van der Waals surface area contributed by atoms with Gasteiger partial charge in [-0.1, -0.05) is 11.6 Å². The van der Waals surface area contributed by atoms with Gasteiger partial charge in [-0.2, -0.15) is 11.8 Å². The summed E-state index contributed by atoms with van der Waals surface area (Å²) < 4.78 is 5.24. The van der Waals surface area contributed by atoms with Crippen LogP contribution in [0.1, 0.15) is 11.3 Å². The number of fused-ring (bicyclic) bond motifs is 1. The summed E-state index contributed by atoms with van der Waals surface area (Å²) in [4.78, 5) is 8.68. The molecule has 15 heavy (non-hydrogen) atoms. The van der Waals surface area contributed by atoms with Crippen LogP contribution < -0.4 is 0 Å². The van der Waals surface area contributed by atoms with Crippen molar-refractivity contribution < 1.29 is 4.42 Å². The summed E-state index contributed by atoms with van der Waals surface area (Å²) in [7, 11) is 0. The second-order valence-corrected chi connectivity index (χ2v) is 4.58. The fourth-order valence-corrected chi connectivity index (χ4v) is 2.90. The summed E-state index contributed by atoms with van der Waals surface area (Å²) in [5.74, 6) is 3.06. The normalized spacial score (nSPS) is 14.2. The van der Waals surface area contributed by atoms with Crippen molar-refractivity contribution in [2.75, 3.05) is 0 Å². The molecule has 2 aromatic heterocycles. The molecule has 5 heteroatoms. The zero-order valence-corrected chi connectivity index (χ0v) is 9.31. The molecule has 0 saturated heterocycles. The molecular formula is C10H7ClN2OS. The number of aromatic nitrogens is 2. The molecule has 0 amide bonds. The topological polar surface area (TPSA) is 38.9 Å². The Morgan fingerprint density at radius 2 is 2.27 bits per heavy atom. The van der Waals surface area contributed by atoms with Gasteiger partial charge >= 0.3 is 0 Å². The van der Waals surface area contributed by atoms with E-state index in [4.69, 9.17) is 16.0 Å². The van der Waals surface area contributed by atoms with Crippen molar-refractivity contribution in [3.8, 4) is 11.6 Å². The molecule has 0 atom stereocenters. The Morgan fingerprint density at radius 1 is 1.33 bits per heavy atom. The van der Waals surface area contributed by atoms with Crippen LogP contribution in [-0.4, -0.2) is 9.97 Å². The number of halogens is 1. The zero-order chi connectivity index (χ0) is 10.3. The SMILES string of the molecule is Clc1nc(-c2ccco2)nc2c1CSC2. The molecule has 3 nitrogen and oxygen atoms in total. The van der Waals surface area contributed by atoms with Crippen LogP contribution in [-0.2, 0) is 11.5 Å². The van der Waals surface area contributed by atoms with Gasteiger partial charge in [-0.05, 0) is 12.1 Å². The highest BCUT2D eigenvalue weighted by molar-refractivity contribution is 7.98. The van der Waals surface area contributed by atoms with Crippen LogP contribution in [0.3, 0.4) is 0 Å². The van der Waals surface area contributed by atoms with Crippen LogP contribution in [0.5, 0.6) is 0 Å². The molecule has 0 radical (unpaired) electrons. The summed E-state index contributed by atoms with van der Waals surface area (Å²) in [5, 5.41) is 0.552. The lowest BCUT2D eigenvalue weighted by Crippen LogP contribution is -1.96. The lowest BCUT2D eigenvalue weighted by atomic mass is 10.2. The molecule has 0 spiro atoms. The van der Waals surface area contributed by atoms with E-state index in [-0.39, 0.29) is 0 Å². The number of hydrogen-bond donors (Lipinski definition) is 0. The smallest absolute Gasteiger partial charge is 0.197 e. The molecule has 0 N–H and O–H groups in total. The second kappa shape index (κ2) is 3.54. The first-order chi connectivity index (χ1) is 7.34. The molecule has 0 saturated carbocycles. The Morgan fingerprint density at radius 3 is 3.07 bits per heavy atom. The molecule has 0 unspecified atom stereocenters. The first-order valence-electron chi connectivity index (χ1n) is 4.51. The second-order valence-electron chi connectivity index (χ2n) is 3.23. The van der Waals surface area contributed by atoms with Gasteiger partial charge in [-0.3, -0.25) is 0 Å². The van der Waals surface area contributed by atoms with Crippen LogP contribution in [0.4, 0.5) is 0 Å². The van der Waals surface area contributed by atoms with E-state index in [0.717, 1.165) is 22.8 Å². The first-order valence-corrected chi connectivity index (χ1v) is 6.05. The maximum Gasteiger partial charge on any atom is 0.197 e. The minimum Gasteiger partial charge on any atom is -0.461 e. The fourth-order valence-electron chi connectivity index (χ4n) is 1.53. The Labute approximate surface area is 95.9 Å². The van der Waals surface area contributed by atoms with Crippen molar-refractivity contribution >= 4 is 23.4 Å². The molecule has 0 aromatic carbocycles.